The molecule has 1 aliphatic heterocycles. The fourth-order valence-corrected chi connectivity index (χ4v) is 2.75. The van der Waals surface area contributed by atoms with Gasteiger partial charge in [-0.2, -0.15) is 0 Å². The van der Waals surface area contributed by atoms with Crippen molar-refractivity contribution in [2.75, 3.05) is 6.61 Å². The van der Waals surface area contributed by atoms with Crippen LogP contribution in [0.4, 0.5) is 0 Å². The van der Waals surface area contributed by atoms with E-state index >= 15 is 0 Å². The van der Waals surface area contributed by atoms with Crippen LogP contribution in [-0.4, -0.2) is 18.6 Å². The highest BCUT2D eigenvalue weighted by molar-refractivity contribution is 5.94. The topological polar surface area (TPSA) is 77.5 Å². The quantitative estimate of drug-likeness (QED) is 0.889. The summed E-state index contributed by atoms with van der Waals surface area (Å²) in [6.07, 6.45) is 3.41. The van der Waals surface area contributed by atoms with E-state index in [1.807, 2.05) is 30.3 Å². The molecule has 0 radical (unpaired) electrons. The van der Waals surface area contributed by atoms with Crippen molar-refractivity contribution in [2.24, 2.45) is 5.73 Å². The SMILES string of the molecule is NCc1cc(C(=O)NC(c2ccccc2)C2CCCO2)co1. The Morgan fingerprint density at radius 2 is 2.18 bits per heavy atom. The van der Waals surface area contributed by atoms with Crippen molar-refractivity contribution >= 4 is 5.91 Å². The first kappa shape index (κ1) is 14.8. The summed E-state index contributed by atoms with van der Waals surface area (Å²) in [5.41, 5.74) is 7.04. The number of furan rings is 1. The molecular weight excluding hydrogens is 280 g/mol. The Kier molecular flexibility index (Phi) is 4.56. The van der Waals surface area contributed by atoms with Crippen LogP contribution in [0.1, 0.15) is 40.6 Å². The van der Waals surface area contributed by atoms with Gasteiger partial charge in [-0.1, -0.05) is 30.3 Å². The molecule has 0 saturated carbocycles. The zero-order valence-corrected chi connectivity index (χ0v) is 12.3. The van der Waals surface area contributed by atoms with Crippen molar-refractivity contribution in [3.63, 3.8) is 0 Å². The Hall–Kier alpha value is -2.11. The van der Waals surface area contributed by atoms with Gasteiger partial charge in [0.2, 0.25) is 0 Å². The van der Waals surface area contributed by atoms with E-state index in [9.17, 15) is 4.79 Å². The van der Waals surface area contributed by atoms with Gasteiger partial charge in [0.25, 0.3) is 5.91 Å². The Morgan fingerprint density at radius 3 is 2.82 bits per heavy atom. The highest BCUT2D eigenvalue weighted by Gasteiger charge is 2.29. The molecule has 0 aliphatic carbocycles. The van der Waals surface area contributed by atoms with Gasteiger partial charge in [-0.05, 0) is 24.5 Å². The first-order valence-corrected chi connectivity index (χ1v) is 7.53. The maximum absolute atomic E-state index is 12.4. The van der Waals surface area contributed by atoms with Crippen molar-refractivity contribution in [3.8, 4) is 0 Å². The molecule has 2 unspecified atom stereocenters. The maximum Gasteiger partial charge on any atom is 0.255 e. The number of nitrogens with one attached hydrogen (secondary N) is 1. The van der Waals surface area contributed by atoms with Gasteiger partial charge < -0.3 is 20.2 Å². The Balaban J connectivity index is 1.78. The molecule has 2 heterocycles. The van der Waals surface area contributed by atoms with Gasteiger partial charge in [0.05, 0.1) is 24.3 Å². The molecule has 5 nitrogen and oxygen atoms in total. The third-order valence-electron chi connectivity index (χ3n) is 3.90. The molecule has 22 heavy (non-hydrogen) atoms. The fourth-order valence-electron chi connectivity index (χ4n) is 2.75. The lowest BCUT2D eigenvalue weighted by atomic mass is 9.99. The minimum atomic E-state index is -0.173. The standard InChI is InChI=1S/C17H20N2O3/c18-10-14-9-13(11-22-14)17(20)19-16(15-7-4-8-21-15)12-5-2-1-3-6-12/h1-3,5-6,9,11,15-16H,4,7-8,10,18H2,(H,19,20). The van der Waals surface area contributed by atoms with Crippen LogP contribution in [0.15, 0.2) is 47.1 Å². The molecule has 1 fully saturated rings. The summed E-state index contributed by atoms with van der Waals surface area (Å²) >= 11 is 0. The number of benzene rings is 1. The minimum Gasteiger partial charge on any atom is -0.467 e. The third kappa shape index (κ3) is 3.21. The summed E-state index contributed by atoms with van der Waals surface area (Å²) in [5.74, 6) is 0.423. The predicted molar refractivity (Wildman–Crippen MR) is 82.2 cm³/mol. The molecule has 1 aromatic carbocycles. The second-order valence-corrected chi connectivity index (χ2v) is 5.42. The van der Waals surface area contributed by atoms with Gasteiger partial charge in [0.15, 0.2) is 0 Å². The van der Waals surface area contributed by atoms with Crippen molar-refractivity contribution < 1.29 is 13.9 Å². The van der Waals surface area contributed by atoms with Gasteiger partial charge >= 0.3 is 0 Å². The summed E-state index contributed by atoms with van der Waals surface area (Å²) in [6.45, 7) is 1.02. The normalized spacial score (nSPS) is 19.0. The molecule has 3 N–H and O–H groups in total. The first-order chi connectivity index (χ1) is 10.8. The summed E-state index contributed by atoms with van der Waals surface area (Å²) in [5, 5.41) is 3.06. The second kappa shape index (κ2) is 6.77. The van der Waals surface area contributed by atoms with E-state index in [0.717, 1.165) is 25.0 Å². The van der Waals surface area contributed by atoms with E-state index in [1.165, 1.54) is 6.26 Å². The van der Waals surface area contributed by atoms with Crippen molar-refractivity contribution in [3.05, 3.63) is 59.5 Å². The molecule has 1 saturated heterocycles. The van der Waals surface area contributed by atoms with Crippen LogP contribution in [0, 0.1) is 0 Å². The average Bonchev–Trinajstić information content (AvgIpc) is 3.24. The van der Waals surface area contributed by atoms with Crippen LogP contribution in [0.5, 0.6) is 0 Å². The number of hydrogen-bond acceptors (Lipinski definition) is 4. The van der Waals surface area contributed by atoms with Gasteiger partial charge in [0.1, 0.15) is 12.0 Å². The maximum atomic E-state index is 12.4. The van der Waals surface area contributed by atoms with Gasteiger partial charge in [-0.15, -0.1) is 0 Å². The van der Waals surface area contributed by atoms with Gasteiger partial charge in [0, 0.05) is 6.61 Å². The van der Waals surface area contributed by atoms with Crippen molar-refractivity contribution in [2.45, 2.75) is 31.5 Å². The van der Waals surface area contributed by atoms with Gasteiger partial charge in [-0.3, -0.25) is 4.79 Å². The molecule has 3 rings (SSSR count). The monoisotopic (exact) mass is 300 g/mol. The van der Waals surface area contributed by atoms with E-state index < -0.39 is 0 Å². The lowest BCUT2D eigenvalue weighted by Crippen LogP contribution is -2.36. The van der Waals surface area contributed by atoms with Crippen LogP contribution in [0.2, 0.25) is 0 Å². The summed E-state index contributed by atoms with van der Waals surface area (Å²) in [6, 6.07) is 11.4. The van der Waals surface area contributed by atoms with E-state index in [4.69, 9.17) is 14.9 Å². The minimum absolute atomic E-state index is 0.00669. The number of rotatable bonds is 5. The molecule has 1 aromatic heterocycles. The predicted octanol–water partition coefficient (Wildman–Crippen LogP) is 2.39. The lowest BCUT2D eigenvalue weighted by Gasteiger charge is -2.24. The van der Waals surface area contributed by atoms with Crippen LogP contribution in [-0.2, 0) is 11.3 Å². The van der Waals surface area contributed by atoms with Gasteiger partial charge in [-0.25, -0.2) is 0 Å². The number of hydrogen-bond donors (Lipinski definition) is 2. The number of carbonyl (C=O) groups excluding carboxylic acids is 1. The number of amides is 1. The molecule has 116 valence electrons. The molecule has 0 bridgehead atoms. The third-order valence-corrected chi connectivity index (χ3v) is 3.90. The molecular formula is C17H20N2O3. The highest BCUT2D eigenvalue weighted by Crippen LogP contribution is 2.27. The second-order valence-electron chi connectivity index (χ2n) is 5.42. The largest absolute Gasteiger partial charge is 0.467 e. The van der Waals surface area contributed by atoms with Crippen molar-refractivity contribution in [1.29, 1.82) is 0 Å². The van der Waals surface area contributed by atoms with Crippen LogP contribution >= 0.6 is 0 Å². The molecule has 2 aromatic rings. The number of ether oxygens (including phenoxy) is 1. The Morgan fingerprint density at radius 1 is 1.36 bits per heavy atom. The lowest BCUT2D eigenvalue weighted by molar-refractivity contribution is 0.0672. The fraction of sp³-hybridized carbons (Fsp3) is 0.353. The zero-order valence-electron chi connectivity index (χ0n) is 12.3. The highest BCUT2D eigenvalue weighted by atomic mass is 16.5. The van der Waals surface area contributed by atoms with Crippen LogP contribution in [0.25, 0.3) is 0 Å². The molecule has 5 heteroatoms. The summed E-state index contributed by atoms with van der Waals surface area (Å²) in [4.78, 5) is 12.4. The molecule has 1 amide bonds. The van der Waals surface area contributed by atoms with E-state index in [2.05, 4.69) is 5.32 Å². The Bertz CT molecular complexity index is 618. The average molecular weight is 300 g/mol. The molecule has 2 atom stereocenters. The first-order valence-electron chi connectivity index (χ1n) is 7.53. The molecule has 0 spiro atoms. The number of nitrogens with two attached hydrogens (primary N) is 1. The summed E-state index contributed by atoms with van der Waals surface area (Å²) < 4.78 is 11.0. The van der Waals surface area contributed by atoms with E-state index in [-0.39, 0.29) is 24.6 Å². The van der Waals surface area contributed by atoms with E-state index in [1.54, 1.807) is 6.07 Å². The smallest absolute Gasteiger partial charge is 0.255 e. The Labute approximate surface area is 129 Å². The summed E-state index contributed by atoms with van der Waals surface area (Å²) in [7, 11) is 0. The van der Waals surface area contributed by atoms with E-state index in [0.29, 0.717) is 11.3 Å². The van der Waals surface area contributed by atoms with Crippen molar-refractivity contribution in [1.82, 2.24) is 5.32 Å². The van der Waals surface area contributed by atoms with Crippen LogP contribution in [0.3, 0.4) is 0 Å². The number of carbonyl (C=O) groups is 1. The molecule has 1 aliphatic rings. The zero-order chi connectivity index (χ0) is 15.4. The van der Waals surface area contributed by atoms with Crippen LogP contribution < -0.4 is 11.1 Å².